The maximum absolute atomic E-state index is 14.0. The summed E-state index contributed by atoms with van der Waals surface area (Å²) in [7, 11) is 0. The van der Waals surface area contributed by atoms with Gasteiger partial charge in [0.2, 0.25) is 11.8 Å². The number of allylic oxidation sites excluding steroid dienone is 1. The number of aliphatic hydroxyl groups excluding tert-OH is 1. The third-order valence-electron chi connectivity index (χ3n) is 7.15. The third-order valence-corrected chi connectivity index (χ3v) is 7.15. The maximum Gasteiger partial charge on any atom is 0.310 e. The molecule has 1 aromatic rings. The molecule has 2 N–H and O–H groups in total. The molecule has 0 spiro atoms. The number of amides is 2. The summed E-state index contributed by atoms with van der Waals surface area (Å²) in [5.74, 6) is -2.91. The predicted molar refractivity (Wildman–Crippen MR) is 129 cm³/mol. The molecule has 2 aliphatic rings. The number of hydrogen-bond acceptors (Lipinski definition) is 5. The summed E-state index contributed by atoms with van der Waals surface area (Å²) >= 11 is 0. The summed E-state index contributed by atoms with van der Waals surface area (Å²) in [6, 6.07) is 7.70. The monoisotopic (exact) mass is 470 g/mol. The second-order valence-corrected chi connectivity index (χ2v) is 9.34. The number of nitrogens with one attached hydrogen (secondary N) is 1. The van der Waals surface area contributed by atoms with Crippen LogP contribution < -0.4 is 5.32 Å². The maximum atomic E-state index is 14.0. The molecule has 7 heteroatoms. The lowest BCUT2D eigenvalue weighted by molar-refractivity contribution is -0.156. The van der Waals surface area contributed by atoms with Gasteiger partial charge in [-0.1, -0.05) is 62.8 Å². The molecule has 0 saturated carbocycles. The van der Waals surface area contributed by atoms with Crippen LogP contribution in [0.3, 0.4) is 0 Å². The molecule has 186 valence electrons. The Kier molecular flexibility index (Phi) is 8.89. The van der Waals surface area contributed by atoms with Crippen molar-refractivity contribution < 1.29 is 24.2 Å². The Bertz CT molecular complexity index is 886. The van der Waals surface area contributed by atoms with Crippen molar-refractivity contribution >= 4 is 17.8 Å². The molecule has 0 aromatic heterocycles. The molecule has 1 unspecified atom stereocenters. The largest absolute Gasteiger partial charge is 0.466 e. The summed E-state index contributed by atoms with van der Waals surface area (Å²) in [4.78, 5) is 42.2. The van der Waals surface area contributed by atoms with Crippen molar-refractivity contribution in [2.75, 3.05) is 13.2 Å². The average Bonchev–Trinajstić information content (AvgIpc) is 3.12. The molecule has 0 radical (unpaired) electrons. The lowest BCUT2D eigenvalue weighted by Gasteiger charge is -2.34. The van der Waals surface area contributed by atoms with Gasteiger partial charge in [0.25, 0.3) is 0 Å². The molecular weight excluding hydrogens is 432 g/mol. The number of benzene rings is 1. The minimum Gasteiger partial charge on any atom is -0.466 e. The van der Waals surface area contributed by atoms with Gasteiger partial charge in [0.15, 0.2) is 0 Å². The quantitative estimate of drug-likeness (QED) is 0.404. The second-order valence-electron chi connectivity index (χ2n) is 9.34. The Hall–Kier alpha value is -2.67. The zero-order chi connectivity index (χ0) is 24.8. The summed E-state index contributed by atoms with van der Waals surface area (Å²) in [6.07, 6.45) is 6.32. The van der Waals surface area contributed by atoms with Crippen molar-refractivity contribution in [3.05, 3.63) is 48.0 Å². The van der Waals surface area contributed by atoms with E-state index in [1.54, 1.807) is 6.92 Å². The highest BCUT2D eigenvalue weighted by Gasteiger charge is 2.59. The van der Waals surface area contributed by atoms with Crippen molar-refractivity contribution in [1.29, 1.82) is 0 Å². The first-order valence-electron chi connectivity index (χ1n) is 12.5. The molecule has 1 aliphatic heterocycles. The molecule has 3 rings (SSSR count). The number of hydrogen-bond donors (Lipinski definition) is 2. The Morgan fingerprint density at radius 3 is 2.44 bits per heavy atom. The molecule has 1 fully saturated rings. The van der Waals surface area contributed by atoms with E-state index < -0.39 is 35.8 Å². The highest BCUT2D eigenvalue weighted by Crippen LogP contribution is 2.47. The van der Waals surface area contributed by atoms with Crippen LogP contribution in [0.2, 0.25) is 0 Å². The van der Waals surface area contributed by atoms with Gasteiger partial charge in [-0.3, -0.25) is 14.4 Å². The Morgan fingerprint density at radius 1 is 1.15 bits per heavy atom. The lowest BCUT2D eigenvalue weighted by Crippen LogP contribution is -2.51. The van der Waals surface area contributed by atoms with E-state index in [9.17, 15) is 19.5 Å². The summed E-state index contributed by atoms with van der Waals surface area (Å²) in [5.41, 5.74) is 0.750. The number of rotatable bonds is 10. The molecule has 34 heavy (non-hydrogen) atoms. The van der Waals surface area contributed by atoms with Crippen LogP contribution in [0.15, 0.2) is 42.5 Å². The Balaban J connectivity index is 2.07. The lowest BCUT2D eigenvalue weighted by atomic mass is 9.69. The van der Waals surface area contributed by atoms with E-state index in [0.717, 1.165) is 18.4 Å². The number of ether oxygens (including phenoxy) is 1. The topological polar surface area (TPSA) is 95.9 Å². The van der Waals surface area contributed by atoms with Crippen LogP contribution in [-0.2, 0) is 19.1 Å². The van der Waals surface area contributed by atoms with Gasteiger partial charge in [-0.25, -0.2) is 0 Å². The second kappa shape index (κ2) is 11.6. The highest BCUT2D eigenvalue weighted by atomic mass is 16.5. The van der Waals surface area contributed by atoms with Crippen LogP contribution in [-0.4, -0.2) is 53.1 Å². The molecule has 0 bridgehead atoms. The number of likely N-dealkylation sites (tertiary alicyclic amines) is 1. The predicted octanol–water partition coefficient (Wildman–Crippen LogP) is 3.24. The third kappa shape index (κ3) is 5.04. The fraction of sp³-hybridized carbons (Fsp3) is 0.593. The van der Waals surface area contributed by atoms with Gasteiger partial charge in [-0.2, -0.15) is 0 Å². The van der Waals surface area contributed by atoms with Crippen LogP contribution in [0.25, 0.3) is 0 Å². The first-order chi connectivity index (χ1) is 16.4. The van der Waals surface area contributed by atoms with Gasteiger partial charge in [0.05, 0.1) is 31.1 Å². The van der Waals surface area contributed by atoms with Crippen LogP contribution in [0, 0.1) is 23.7 Å². The first kappa shape index (κ1) is 25.9. The van der Waals surface area contributed by atoms with Gasteiger partial charge in [-0.05, 0) is 38.2 Å². The van der Waals surface area contributed by atoms with E-state index in [0.29, 0.717) is 6.42 Å². The van der Waals surface area contributed by atoms with E-state index in [1.807, 2.05) is 56.3 Å². The number of nitrogens with zero attached hydrogens (tertiary/aromatic N) is 1. The molecule has 1 heterocycles. The minimum absolute atomic E-state index is 0.0467. The first-order valence-corrected chi connectivity index (χ1v) is 12.5. The van der Waals surface area contributed by atoms with Gasteiger partial charge in [-0.15, -0.1) is 0 Å². The number of carbonyl (C=O) groups is 3. The molecule has 7 atom stereocenters. The number of esters is 1. The molecule has 7 nitrogen and oxygen atoms in total. The van der Waals surface area contributed by atoms with Crippen LogP contribution in [0.4, 0.5) is 0 Å². The fourth-order valence-electron chi connectivity index (χ4n) is 5.59. The molecule has 1 saturated heterocycles. The number of aliphatic hydroxyl groups is 1. The van der Waals surface area contributed by atoms with E-state index in [-0.39, 0.29) is 37.0 Å². The van der Waals surface area contributed by atoms with E-state index in [2.05, 4.69) is 12.2 Å². The van der Waals surface area contributed by atoms with Crippen LogP contribution >= 0.6 is 0 Å². The summed E-state index contributed by atoms with van der Waals surface area (Å²) in [6.45, 7) is 7.64. The molecule has 1 aromatic carbocycles. The minimum atomic E-state index is -0.819. The van der Waals surface area contributed by atoms with Crippen molar-refractivity contribution in [3.8, 4) is 0 Å². The highest BCUT2D eigenvalue weighted by molar-refractivity contribution is 5.96. The van der Waals surface area contributed by atoms with Crippen molar-refractivity contribution in [2.24, 2.45) is 23.7 Å². The Labute approximate surface area is 202 Å². The van der Waals surface area contributed by atoms with Crippen molar-refractivity contribution in [2.45, 2.75) is 65.1 Å². The SMILES string of the molecule is CCCC(C)NC(=O)[C@@H]1[C@H]2C=C[C@@H](CC)[C@@H](C(=O)OCC)[C@@H]2C(=O)N1[C@H](CO)c1ccccc1. The zero-order valence-corrected chi connectivity index (χ0v) is 20.6. The standard InChI is InChI=1S/C27H38N2O5/c1-5-11-17(4)28-25(31)24-20-15-14-18(6-2)22(27(33)34-7-3)23(20)26(32)29(24)21(16-30)19-12-9-8-10-13-19/h8-10,12-15,17-18,20-24,30H,5-7,11,16H2,1-4H3,(H,28,31)/t17?,18-,20+,21-,22-,23-,24+/m1/s1. The number of carbonyl (C=O) groups excluding carboxylic acids is 3. The van der Waals surface area contributed by atoms with Gasteiger partial charge in [0.1, 0.15) is 6.04 Å². The van der Waals surface area contributed by atoms with Crippen LogP contribution in [0.5, 0.6) is 0 Å². The van der Waals surface area contributed by atoms with E-state index in [4.69, 9.17) is 4.74 Å². The fourth-order valence-corrected chi connectivity index (χ4v) is 5.59. The average molecular weight is 471 g/mol. The van der Waals surface area contributed by atoms with E-state index in [1.165, 1.54) is 4.90 Å². The zero-order valence-electron chi connectivity index (χ0n) is 20.6. The van der Waals surface area contributed by atoms with Gasteiger partial charge in [0, 0.05) is 12.0 Å². The summed E-state index contributed by atoms with van der Waals surface area (Å²) < 4.78 is 5.38. The Morgan fingerprint density at radius 2 is 1.85 bits per heavy atom. The molecule has 2 amide bonds. The van der Waals surface area contributed by atoms with Crippen molar-refractivity contribution in [1.82, 2.24) is 10.2 Å². The smallest absolute Gasteiger partial charge is 0.310 e. The van der Waals surface area contributed by atoms with E-state index >= 15 is 0 Å². The normalized spacial score (nSPS) is 27.7. The molecule has 1 aliphatic carbocycles. The number of fused-ring (bicyclic) bond motifs is 1. The van der Waals surface area contributed by atoms with Crippen LogP contribution in [0.1, 0.15) is 58.6 Å². The molecular formula is C27H38N2O5. The van der Waals surface area contributed by atoms with Crippen molar-refractivity contribution in [3.63, 3.8) is 0 Å². The summed E-state index contributed by atoms with van der Waals surface area (Å²) in [5, 5.41) is 13.4. The van der Waals surface area contributed by atoms with Gasteiger partial charge < -0.3 is 20.1 Å². The van der Waals surface area contributed by atoms with Gasteiger partial charge >= 0.3 is 5.97 Å².